The van der Waals surface area contributed by atoms with Crippen LogP contribution < -0.4 is 5.32 Å². The Balaban J connectivity index is 1.90. The van der Waals surface area contributed by atoms with Crippen molar-refractivity contribution in [3.8, 4) is 0 Å². The molecule has 1 saturated heterocycles. The molecule has 0 saturated carbocycles. The van der Waals surface area contributed by atoms with Crippen LogP contribution >= 0.6 is 11.6 Å². The third kappa shape index (κ3) is 4.14. The minimum Gasteiger partial charge on any atom is -0.379 e. The molecule has 0 aliphatic carbocycles. The number of rotatable bonds is 4. The number of benzene rings is 2. The molecule has 0 bridgehead atoms. The van der Waals surface area contributed by atoms with Crippen molar-refractivity contribution in [1.82, 2.24) is 4.31 Å². The largest absolute Gasteiger partial charge is 0.379 e. The fraction of sp³-hybridized carbons (Fsp3) is 0.278. The molecule has 1 fully saturated rings. The number of nitrogens with one attached hydrogen (secondary N) is 1. The number of nitrogens with zero attached hydrogens (tertiary/aromatic N) is 1. The van der Waals surface area contributed by atoms with Gasteiger partial charge in [0.1, 0.15) is 5.82 Å². The van der Waals surface area contributed by atoms with Gasteiger partial charge >= 0.3 is 0 Å². The van der Waals surface area contributed by atoms with Gasteiger partial charge in [-0.3, -0.25) is 4.79 Å². The quantitative estimate of drug-likeness (QED) is 0.837. The number of carbonyl (C=O) groups excluding carboxylic acids is 1. The van der Waals surface area contributed by atoms with Crippen molar-refractivity contribution in [2.75, 3.05) is 31.6 Å². The van der Waals surface area contributed by atoms with Crippen molar-refractivity contribution in [1.29, 1.82) is 0 Å². The number of amides is 1. The van der Waals surface area contributed by atoms with Gasteiger partial charge in [-0.25, -0.2) is 12.8 Å². The van der Waals surface area contributed by atoms with Gasteiger partial charge in [0.2, 0.25) is 10.0 Å². The first kappa shape index (κ1) is 19.8. The average Bonchev–Trinajstić information content (AvgIpc) is 2.64. The monoisotopic (exact) mass is 412 g/mol. The first-order valence-electron chi connectivity index (χ1n) is 8.24. The SMILES string of the molecule is Cc1ccc(NC(=O)c2c(F)cccc2Cl)cc1S(=O)(=O)N1CCOCC1. The molecule has 0 unspecified atom stereocenters. The van der Waals surface area contributed by atoms with Gasteiger partial charge in [0.25, 0.3) is 5.91 Å². The average molecular weight is 413 g/mol. The van der Waals surface area contributed by atoms with Crippen molar-refractivity contribution in [2.45, 2.75) is 11.8 Å². The standard InChI is InChI=1S/C18H18ClFN2O4S/c1-12-5-6-13(21-18(23)17-14(19)3-2-4-15(17)20)11-16(12)27(24,25)22-7-9-26-10-8-22/h2-6,11H,7-10H2,1H3,(H,21,23). The Bertz CT molecular complexity index is 955. The molecule has 1 amide bonds. The van der Waals surface area contributed by atoms with Crippen molar-refractivity contribution in [3.05, 3.63) is 58.4 Å². The van der Waals surface area contributed by atoms with E-state index in [1.807, 2.05) is 0 Å². The minimum atomic E-state index is -3.73. The third-order valence-electron chi connectivity index (χ3n) is 4.22. The predicted octanol–water partition coefficient (Wildman–Crippen LogP) is 3.06. The molecule has 27 heavy (non-hydrogen) atoms. The number of aryl methyl sites for hydroxylation is 1. The van der Waals surface area contributed by atoms with E-state index in [1.54, 1.807) is 19.1 Å². The summed E-state index contributed by atoms with van der Waals surface area (Å²) in [6.07, 6.45) is 0. The van der Waals surface area contributed by atoms with E-state index < -0.39 is 21.7 Å². The Labute approximate surface area is 161 Å². The summed E-state index contributed by atoms with van der Waals surface area (Å²) < 4.78 is 46.3. The van der Waals surface area contributed by atoms with Crippen LogP contribution in [-0.2, 0) is 14.8 Å². The molecule has 0 radical (unpaired) electrons. The molecule has 144 valence electrons. The van der Waals surface area contributed by atoms with Gasteiger partial charge in [-0.1, -0.05) is 23.7 Å². The number of ether oxygens (including phenoxy) is 1. The molecule has 0 atom stereocenters. The second-order valence-corrected chi connectivity index (χ2v) is 8.36. The highest BCUT2D eigenvalue weighted by molar-refractivity contribution is 7.89. The molecule has 2 aromatic rings. The second kappa shape index (κ2) is 7.93. The van der Waals surface area contributed by atoms with Crippen LogP contribution in [0.3, 0.4) is 0 Å². The van der Waals surface area contributed by atoms with Crippen molar-refractivity contribution < 1.29 is 22.3 Å². The van der Waals surface area contributed by atoms with E-state index in [-0.39, 0.29) is 34.3 Å². The molecule has 0 spiro atoms. The van der Waals surface area contributed by atoms with Crippen LogP contribution in [0.4, 0.5) is 10.1 Å². The van der Waals surface area contributed by atoms with E-state index in [1.165, 1.54) is 22.5 Å². The fourth-order valence-corrected chi connectivity index (χ4v) is 4.70. The smallest absolute Gasteiger partial charge is 0.260 e. The van der Waals surface area contributed by atoms with Gasteiger partial charge in [0.05, 0.1) is 28.7 Å². The van der Waals surface area contributed by atoms with Gasteiger partial charge in [-0.15, -0.1) is 0 Å². The van der Waals surface area contributed by atoms with Gasteiger partial charge < -0.3 is 10.1 Å². The zero-order valence-electron chi connectivity index (χ0n) is 14.5. The Morgan fingerprint density at radius 3 is 2.59 bits per heavy atom. The molecule has 1 aliphatic heterocycles. The molecule has 3 rings (SSSR count). The number of halogens is 2. The Morgan fingerprint density at radius 2 is 1.93 bits per heavy atom. The molecule has 6 nitrogen and oxygen atoms in total. The maximum Gasteiger partial charge on any atom is 0.260 e. The lowest BCUT2D eigenvalue weighted by Crippen LogP contribution is -2.40. The Hall–Kier alpha value is -2.00. The summed E-state index contributed by atoms with van der Waals surface area (Å²) in [7, 11) is -3.73. The first-order valence-corrected chi connectivity index (χ1v) is 10.1. The van der Waals surface area contributed by atoms with Crippen LogP contribution in [0, 0.1) is 12.7 Å². The molecule has 1 heterocycles. The van der Waals surface area contributed by atoms with Crippen LogP contribution in [0.1, 0.15) is 15.9 Å². The number of carbonyl (C=O) groups is 1. The summed E-state index contributed by atoms with van der Waals surface area (Å²) in [6.45, 7) is 2.88. The van der Waals surface area contributed by atoms with Crippen molar-refractivity contribution in [2.24, 2.45) is 0 Å². The molecule has 9 heteroatoms. The van der Waals surface area contributed by atoms with E-state index in [0.29, 0.717) is 18.8 Å². The predicted molar refractivity (Wildman–Crippen MR) is 100 cm³/mol. The lowest BCUT2D eigenvalue weighted by molar-refractivity contribution is 0.0730. The van der Waals surface area contributed by atoms with E-state index in [0.717, 1.165) is 6.07 Å². The third-order valence-corrected chi connectivity index (χ3v) is 6.58. The molecular formula is C18H18ClFN2O4S. The minimum absolute atomic E-state index is 0.0271. The summed E-state index contributed by atoms with van der Waals surface area (Å²) in [5, 5.41) is 2.48. The molecule has 1 aliphatic rings. The topological polar surface area (TPSA) is 75.7 Å². The maximum absolute atomic E-state index is 13.9. The normalized spacial score (nSPS) is 15.5. The van der Waals surface area contributed by atoms with Crippen molar-refractivity contribution in [3.63, 3.8) is 0 Å². The molecule has 2 aromatic carbocycles. The zero-order valence-corrected chi connectivity index (χ0v) is 16.1. The van der Waals surface area contributed by atoms with Crippen molar-refractivity contribution >= 4 is 33.2 Å². The van der Waals surface area contributed by atoms with Gasteiger partial charge in [0, 0.05) is 18.8 Å². The lowest BCUT2D eigenvalue weighted by Gasteiger charge is -2.26. The summed E-state index contributed by atoms with van der Waals surface area (Å²) in [5.74, 6) is -1.51. The number of hydrogen-bond donors (Lipinski definition) is 1. The Kier molecular flexibility index (Phi) is 5.81. The van der Waals surface area contributed by atoms with Crippen LogP contribution in [0.15, 0.2) is 41.3 Å². The molecule has 1 N–H and O–H groups in total. The van der Waals surface area contributed by atoms with E-state index >= 15 is 0 Å². The molecule has 0 aromatic heterocycles. The molecular weight excluding hydrogens is 395 g/mol. The highest BCUT2D eigenvalue weighted by Gasteiger charge is 2.28. The highest BCUT2D eigenvalue weighted by Crippen LogP contribution is 2.26. The van der Waals surface area contributed by atoms with Crippen LogP contribution in [-0.4, -0.2) is 44.9 Å². The van der Waals surface area contributed by atoms with E-state index in [2.05, 4.69) is 5.32 Å². The fourth-order valence-electron chi connectivity index (χ4n) is 2.79. The Morgan fingerprint density at radius 1 is 1.22 bits per heavy atom. The number of sulfonamides is 1. The van der Waals surface area contributed by atoms with Gasteiger partial charge in [-0.05, 0) is 36.8 Å². The van der Waals surface area contributed by atoms with Crippen LogP contribution in [0.2, 0.25) is 5.02 Å². The van der Waals surface area contributed by atoms with Crippen LogP contribution in [0.25, 0.3) is 0 Å². The first-order chi connectivity index (χ1) is 12.8. The summed E-state index contributed by atoms with van der Waals surface area (Å²) in [6, 6.07) is 8.44. The number of morpholine rings is 1. The van der Waals surface area contributed by atoms with E-state index in [9.17, 15) is 17.6 Å². The lowest BCUT2D eigenvalue weighted by atomic mass is 10.1. The highest BCUT2D eigenvalue weighted by atomic mass is 35.5. The summed E-state index contributed by atoms with van der Waals surface area (Å²) in [4.78, 5) is 12.5. The number of anilines is 1. The van der Waals surface area contributed by atoms with Crippen LogP contribution in [0.5, 0.6) is 0 Å². The number of hydrogen-bond acceptors (Lipinski definition) is 4. The second-order valence-electron chi connectivity index (χ2n) is 6.05. The van der Waals surface area contributed by atoms with E-state index in [4.69, 9.17) is 16.3 Å². The van der Waals surface area contributed by atoms with Gasteiger partial charge in [0.15, 0.2) is 0 Å². The maximum atomic E-state index is 13.9. The summed E-state index contributed by atoms with van der Waals surface area (Å²) >= 11 is 5.91. The van der Waals surface area contributed by atoms with Gasteiger partial charge in [-0.2, -0.15) is 4.31 Å². The zero-order chi connectivity index (χ0) is 19.6. The summed E-state index contributed by atoms with van der Waals surface area (Å²) in [5.41, 5.74) is 0.484.